The van der Waals surface area contributed by atoms with E-state index in [4.69, 9.17) is 11.6 Å². The second kappa shape index (κ2) is 3.14. The standard InChI is InChI=1S/C8H6ClN3O/c1-5-2-3-10-4-6(5)7-11-8(9)13-12-7/h2-4H,1H3. The first kappa shape index (κ1) is 8.19. The van der Waals surface area contributed by atoms with E-state index in [9.17, 15) is 0 Å². The molecule has 0 aliphatic rings. The molecule has 2 rings (SSSR count). The van der Waals surface area contributed by atoms with Crippen LogP contribution in [0.3, 0.4) is 0 Å². The molecular formula is C8H6ClN3O. The first-order valence-electron chi connectivity index (χ1n) is 3.67. The predicted molar refractivity (Wildman–Crippen MR) is 47.3 cm³/mol. The summed E-state index contributed by atoms with van der Waals surface area (Å²) in [4.78, 5) is 7.86. The quantitative estimate of drug-likeness (QED) is 0.699. The van der Waals surface area contributed by atoms with Gasteiger partial charge in [-0.1, -0.05) is 5.16 Å². The molecule has 0 aromatic carbocycles. The van der Waals surface area contributed by atoms with E-state index in [1.807, 2.05) is 13.0 Å². The fourth-order valence-corrected chi connectivity index (χ4v) is 1.13. The highest BCUT2D eigenvalue weighted by atomic mass is 35.5. The summed E-state index contributed by atoms with van der Waals surface area (Å²) < 4.78 is 4.65. The maximum Gasteiger partial charge on any atom is 0.320 e. The molecule has 13 heavy (non-hydrogen) atoms. The number of hydrogen-bond donors (Lipinski definition) is 0. The minimum atomic E-state index is 0.0400. The second-order valence-corrected chi connectivity index (χ2v) is 2.88. The van der Waals surface area contributed by atoms with Gasteiger partial charge in [0, 0.05) is 18.0 Å². The van der Waals surface area contributed by atoms with Gasteiger partial charge in [-0.25, -0.2) is 0 Å². The zero-order chi connectivity index (χ0) is 9.26. The van der Waals surface area contributed by atoms with Crippen LogP contribution in [0.5, 0.6) is 0 Å². The van der Waals surface area contributed by atoms with Crippen molar-refractivity contribution in [2.24, 2.45) is 0 Å². The molecule has 0 fully saturated rings. The van der Waals surface area contributed by atoms with Crippen LogP contribution in [-0.2, 0) is 0 Å². The SMILES string of the molecule is Cc1ccncc1-c1noc(Cl)n1. The average molecular weight is 196 g/mol. The molecule has 0 aliphatic heterocycles. The van der Waals surface area contributed by atoms with E-state index in [-0.39, 0.29) is 5.35 Å². The van der Waals surface area contributed by atoms with E-state index in [2.05, 4.69) is 19.6 Å². The van der Waals surface area contributed by atoms with E-state index < -0.39 is 0 Å². The van der Waals surface area contributed by atoms with Crippen molar-refractivity contribution in [3.63, 3.8) is 0 Å². The van der Waals surface area contributed by atoms with Crippen molar-refractivity contribution in [3.8, 4) is 11.4 Å². The summed E-state index contributed by atoms with van der Waals surface area (Å²) in [6.45, 7) is 1.95. The van der Waals surface area contributed by atoms with Crippen LogP contribution in [0.25, 0.3) is 11.4 Å². The molecule has 2 aromatic rings. The van der Waals surface area contributed by atoms with Gasteiger partial charge in [-0.15, -0.1) is 0 Å². The largest absolute Gasteiger partial charge is 0.321 e. The Morgan fingerprint density at radius 1 is 1.46 bits per heavy atom. The van der Waals surface area contributed by atoms with Gasteiger partial charge >= 0.3 is 5.35 Å². The Hall–Kier alpha value is -1.42. The van der Waals surface area contributed by atoms with Gasteiger partial charge in [0.2, 0.25) is 5.82 Å². The zero-order valence-electron chi connectivity index (χ0n) is 6.86. The molecule has 0 saturated heterocycles. The third kappa shape index (κ3) is 1.53. The van der Waals surface area contributed by atoms with Crippen LogP contribution in [0.2, 0.25) is 5.35 Å². The summed E-state index contributed by atoms with van der Waals surface area (Å²) in [5.41, 5.74) is 1.87. The van der Waals surface area contributed by atoms with Crippen molar-refractivity contribution < 1.29 is 4.52 Å². The Kier molecular flexibility index (Phi) is 1.98. The monoisotopic (exact) mass is 195 g/mol. The Labute approximate surface area is 79.6 Å². The number of pyridine rings is 1. The van der Waals surface area contributed by atoms with Gasteiger partial charge in [-0.05, 0) is 30.2 Å². The predicted octanol–water partition coefficient (Wildman–Crippen LogP) is 2.09. The molecule has 4 nitrogen and oxygen atoms in total. The maximum absolute atomic E-state index is 5.50. The highest BCUT2D eigenvalue weighted by Crippen LogP contribution is 2.19. The molecule has 0 spiro atoms. The fourth-order valence-electron chi connectivity index (χ4n) is 1.01. The number of rotatable bonds is 1. The lowest BCUT2D eigenvalue weighted by Gasteiger charge is -1.96. The molecule has 0 aliphatic carbocycles. The van der Waals surface area contributed by atoms with Crippen LogP contribution in [0.1, 0.15) is 5.56 Å². The topological polar surface area (TPSA) is 51.8 Å². The maximum atomic E-state index is 5.50. The van der Waals surface area contributed by atoms with Crippen molar-refractivity contribution in [2.45, 2.75) is 6.92 Å². The van der Waals surface area contributed by atoms with Crippen LogP contribution in [0, 0.1) is 6.92 Å². The second-order valence-electron chi connectivity index (χ2n) is 2.56. The van der Waals surface area contributed by atoms with Gasteiger partial charge in [0.15, 0.2) is 0 Å². The molecule has 0 unspecified atom stereocenters. The Morgan fingerprint density at radius 3 is 2.92 bits per heavy atom. The van der Waals surface area contributed by atoms with Crippen LogP contribution in [-0.4, -0.2) is 15.1 Å². The van der Waals surface area contributed by atoms with Gasteiger partial charge in [0.25, 0.3) is 0 Å². The van der Waals surface area contributed by atoms with E-state index >= 15 is 0 Å². The normalized spacial score (nSPS) is 10.3. The van der Waals surface area contributed by atoms with E-state index in [0.717, 1.165) is 11.1 Å². The molecule has 2 heterocycles. The number of aromatic nitrogens is 3. The summed E-state index contributed by atoms with van der Waals surface area (Å²) >= 11 is 5.50. The number of hydrogen-bond acceptors (Lipinski definition) is 4. The Bertz CT molecular complexity index is 427. The van der Waals surface area contributed by atoms with Crippen LogP contribution in [0.4, 0.5) is 0 Å². The molecule has 2 aromatic heterocycles. The lowest BCUT2D eigenvalue weighted by Crippen LogP contribution is -1.86. The Morgan fingerprint density at radius 2 is 2.31 bits per heavy atom. The molecule has 66 valence electrons. The highest BCUT2D eigenvalue weighted by molar-refractivity contribution is 6.27. The number of halogens is 1. The highest BCUT2D eigenvalue weighted by Gasteiger charge is 2.08. The number of aryl methyl sites for hydroxylation is 1. The third-order valence-electron chi connectivity index (χ3n) is 1.68. The first-order chi connectivity index (χ1) is 6.27. The smallest absolute Gasteiger partial charge is 0.320 e. The summed E-state index contributed by atoms with van der Waals surface area (Å²) in [6.07, 6.45) is 3.39. The van der Waals surface area contributed by atoms with Gasteiger partial charge in [0.1, 0.15) is 0 Å². The minimum absolute atomic E-state index is 0.0400. The summed E-state index contributed by atoms with van der Waals surface area (Å²) in [7, 11) is 0. The van der Waals surface area contributed by atoms with Crippen LogP contribution >= 0.6 is 11.6 Å². The molecular weight excluding hydrogens is 190 g/mol. The Balaban J connectivity index is 2.52. The van der Waals surface area contributed by atoms with Crippen molar-refractivity contribution in [2.75, 3.05) is 0 Å². The first-order valence-corrected chi connectivity index (χ1v) is 4.05. The molecule has 5 heteroatoms. The summed E-state index contributed by atoms with van der Waals surface area (Å²) in [6, 6.07) is 1.87. The zero-order valence-corrected chi connectivity index (χ0v) is 7.62. The molecule has 0 saturated carbocycles. The van der Waals surface area contributed by atoms with Gasteiger partial charge < -0.3 is 4.52 Å². The fraction of sp³-hybridized carbons (Fsp3) is 0.125. The van der Waals surface area contributed by atoms with Crippen LogP contribution < -0.4 is 0 Å². The molecule has 0 radical (unpaired) electrons. The van der Waals surface area contributed by atoms with Crippen LogP contribution in [0.15, 0.2) is 23.0 Å². The summed E-state index contributed by atoms with van der Waals surface area (Å²) in [5.74, 6) is 0.468. The van der Waals surface area contributed by atoms with Gasteiger partial charge in [0.05, 0.1) is 0 Å². The summed E-state index contributed by atoms with van der Waals surface area (Å²) in [5, 5.41) is 3.73. The molecule has 0 N–H and O–H groups in total. The minimum Gasteiger partial charge on any atom is -0.321 e. The van der Waals surface area contributed by atoms with E-state index in [0.29, 0.717) is 5.82 Å². The average Bonchev–Trinajstić information content (AvgIpc) is 2.53. The van der Waals surface area contributed by atoms with Gasteiger partial charge in [-0.3, -0.25) is 4.98 Å². The van der Waals surface area contributed by atoms with Crippen molar-refractivity contribution >= 4 is 11.6 Å². The van der Waals surface area contributed by atoms with Crippen molar-refractivity contribution in [3.05, 3.63) is 29.4 Å². The van der Waals surface area contributed by atoms with E-state index in [1.165, 1.54) is 0 Å². The molecule has 0 bridgehead atoms. The van der Waals surface area contributed by atoms with Crippen molar-refractivity contribution in [1.82, 2.24) is 15.1 Å². The lowest BCUT2D eigenvalue weighted by atomic mass is 10.1. The van der Waals surface area contributed by atoms with E-state index in [1.54, 1.807) is 12.4 Å². The lowest BCUT2D eigenvalue weighted by molar-refractivity contribution is 0.420. The third-order valence-corrected chi connectivity index (χ3v) is 1.83. The number of nitrogens with zero attached hydrogens (tertiary/aromatic N) is 3. The molecule has 0 atom stereocenters. The van der Waals surface area contributed by atoms with Gasteiger partial charge in [-0.2, -0.15) is 4.98 Å². The molecule has 0 amide bonds. The van der Waals surface area contributed by atoms with Crippen molar-refractivity contribution in [1.29, 1.82) is 0 Å².